The van der Waals surface area contributed by atoms with Gasteiger partial charge in [0.2, 0.25) is 0 Å². The molecule has 2 heteroatoms. The summed E-state index contributed by atoms with van der Waals surface area (Å²) in [5.41, 5.74) is 0.171. The fourth-order valence-corrected chi connectivity index (χ4v) is 1.56. The van der Waals surface area contributed by atoms with Crippen molar-refractivity contribution in [2.75, 3.05) is 19.6 Å². The van der Waals surface area contributed by atoms with E-state index in [4.69, 9.17) is 0 Å². The quantitative estimate of drug-likeness (QED) is 0.659. The van der Waals surface area contributed by atoms with Gasteiger partial charge in [-0.25, -0.2) is 0 Å². The van der Waals surface area contributed by atoms with Crippen LogP contribution in [0.2, 0.25) is 0 Å². The average molecular weight is 155 g/mol. The maximum atomic E-state index is 3.72. The highest BCUT2D eigenvalue weighted by atomic mass is 15.2. The molecule has 1 N–H and O–H groups in total. The van der Waals surface area contributed by atoms with Crippen molar-refractivity contribution < 1.29 is 0 Å². The molecule has 65 valence electrons. The first-order valence-electron chi connectivity index (χ1n) is 4.41. The van der Waals surface area contributed by atoms with E-state index in [1.54, 1.807) is 0 Å². The lowest BCUT2D eigenvalue weighted by molar-refractivity contribution is 0.250. The molecule has 1 aliphatic heterocycles. The maximum absolute atomic E-state index is 3.72. The van der Waals surface area contributed by atoms with Crippen molar-refractivity contribution in [3.8, 4) is 0 Å². The zero-order chi connectivity index (χ0) is 8.32. The summed E-state index contributed by atoms with van der Waals surface area (Å²) in [6, 6.07) is 0. The van der Waals surface area contributed by atoms with Crippen LogP contribution in [0.4, 0.5) is 0 Å². The Morgan fingerprint density at radius 2 is 1.91 bits per heavy atom. The molecular formula is C9H19N2. The molecule has 0 aliphatic carbocycles. The molecule has 0 aromatic carbocycles. The third-order valence-corrected chi connectivity index (χ3v) is 2.30. The van der Waals surface area contributed by atoms with Gasteiger partial charge in [0, 0.05) is 19.1 Å². The number of hydrogen-bond acceptors (Lipinski definition) is 2. The van der Waals surface area contributed by atoms with Crippen molar-refractivity contribution in [1.29, 1.82) is 0 Å². The Morgan fingerprint density at radius 3 is 2.36 bits per heavy atom. The second kappa shape index (κ2) is 3.55. The van der Waals surface area contributed by atoms with Gasteiger partial charge >= 0.3 is 0 Å². The summed E-state index contributed by atoms with van der Waals surface area (Å²) in [6.07, 6.45) is 2.74. The Hall–Kier alpha value is -0.0800. The highest BCUT2D eigenvalue weighted by molar-refractivity contribution is 4.82. The van der Waals surface area contributed by atoms with Crippen LogP contribution in [0.1, 0.15) is 26.7 Å². The first-order chi connectivity index (χ1) is 5.14. The summed E-state index contributed by atoms with van der Waals surface area (Å²) in [4.78, 5) is 2.50. The van der Waals surface area contributed by atoms with Crippen molar-refractivity contribution in [2.24, 2.45) is 0 Å². The molecule has 1 radical (unpaired) electrons. The summed E-state index contributed by atoms with van der Waals surface area (Å²) in [7, 11) is 3.72. The van der Waals surface area contributed by atoms with E-state index in [0.717, 1.165) is 6.54 Å². The van der Waals surface area contributed by atoms with E-state index in [-0.39, 0.29) is 5.54 Å². The monoisotopic (exact) mass is 155 g/mol. The predicted molar refractivity (Wildman–Crippen MR) is 48.2 cm³/mol. The summed E-state index contributed by atoms with van der Waals surface area (Å²) >= 11 is 0. The molecule has 0 aromatic heterocycles. The van der Waals surface area contributed by atoms with E-state index in [0.29, 0.717) is 0 Å². The zero-order valence-electron chi connectivity index (χ0n) is 7.69. The minimum atomic E-state index is 0.171. The van der Waals surface area contributed by atoms with Gasteiger partial charge in [0.1, 0.15) is 0 Å². The Labute approximate surface area is 70.0 Å². The van der Waals surface area contributed by atoms with Gasteiger partial charge in [-0.1, -0.05) is 0 Å². The van der Waals surface area contributed by atoms with Crippen molar-refractivity contribution in [2.45, 2.75) is 32.2 Å². The molecule has 0 atom stereocenters. The van der Waals surface area contributed by atoms with Gasteiger partial charge in [0.25, 0.3) is 0 Å². The fourth-order valence-electron chi connectivity index (χ4n) is 1.56. The van der Waals surface area contributed by atoms with Crippen molar-refractivity contribution in [1.82, 2.24) is 10.2 Å². The molecule has 2 nitrogen and oxygen atoms in total. The fraction of sp³-hybridized carbons (Fsp3) is 0.889. The molecule has 0 saturated carbocycles. The molecule has 0 unspecified atom stereocenters. The van der Waals surface area contributed by atoms with Crippen LogP contribution in [0.3, 0.4) is 0 Å². The van der Waals surface area contributed by atoms with Crippen molar-refractivity contribution in [3.05, 3.63) is 7.05 Å². The van der Waals surface area contributed by atoms with Gasteiger partial charge in [-0.2, -0.15) is 0 Å². The van der Waals surface area contributed by atoms with Crippen LogP contribution in [0.5, 0.6) is 0 Å². The number of hydrogen-bond donors (Lipinski definition) is 1. The molecule has 1 saturated heterocycles. The molecule has 1 rings (SSSR count). The van der Waals surface area contributed by atoms with Crippen LogP contribution >= 0.6 is 0 Å². The first-order valence-corrected chi connectivity index (χ1v) is 4.41. The van der Waals surface area contributed by atoms with Crippen molar-refractivity contribution >= 4 is 0 Å². The smallest absolute Gasteiger partial charge is 0.0252 e. The standard InChI is InChI=1S/C9H19N2/c1-9(2,10-3)8-11-6-4-5-7-11/h10H,3-8H2,1-2H3. The topological polar surface area (TPSA) is 15.3 Å². The van der Waals surface area contributed by atoms with Gasteiger partial charge in [-0.15, -0.1) is 0 Å². The zero-order valence-corrected chi connectivity index (χ0v) is 7.69. The van der Waals surface area contributed by atoms with Crippen LogP contribution in [0, 0.1) is 7.05 Å². The Bertz CT molecular complexity index is 115. The van der Waals surface area contributed by atoms with Gasteiger partial charge < -0.3 is 10.2 Å². The number of nitrogens with one attached hydrogen (secondary N) is 1. The molecule has 0 spiro atoms. The highest BCUT2D eigenvalue weighted by Crippen LogP contribution is 2.12. The van der Waals surface area contributed by atoms with Crippen LogP contribution in [0.25, 0.3) is 0 Å². The molecular weight excluding hydrogens is 136 g/mol. The van der Waals surface area contributed by atoms with Crippen LogP contribution in [0.15, 0.2) is 0 Å². The van der Waals surface area contributed by atoms with Crippen molar-refractivity contribution in [3.63, 3.8) is 0 Å². The number of likely N-dealkylation sites (tertiary alicyclic amines) is 1. The van der Waals surface area contributed by atoms with Crippen LogP contribution in [-0.4, -0.2) is 30.1 Å². The highest BCUT2D eigenvalue weighted by Gasteiger charge is 2.21. The lowest BCUT2D eigenvalue weighted by Crippen LogP contribution is -2.45. The van der Waals surface area contributed by atoms with Crippen LogP contribution in [-0.2, 0) is 0 Å². The molecule has 1 heterocycles. The minimum Gasteiger partial charge on any atom is -0.309 e. The van der Waals surface area contributed by atoms with E-state index >= 15 is 0 Å². The van der Waals surface area contributed by atoms with Gasteiger partial charge in [-0.05, 0) is 39.8 Å². The largest absolute Gasteiger partial charge is 0.309 e. The van der Waals surface area contributed by atoms with E-state index in [1.165, 1.54) is 25.9 Å². The lowest BCUT2D eigenvalue weighted by Gasteiger charge is -2.29. The lowest BCUT2D eigenvalue weighted by atomic mass is 10.1. The Balaban J connectivity index is 2.28. The summed E-state index contributed by atoms with van der Waals surface area (Å²) < 4.78 is 0. The first kappa shape index (κ1) is 9.01. The summed E-state index contributed by atoms with van der Waals surface area (Å²) in [5.74, 6) is 0. The average Bonchev–Trinajstić information content (AvgIpc) is 2.39. The number of rotatable bonds is 3. The Kier molecular flexibility index (Phi) is 2.90. The van der Waals surface area contributed by atoms with Gasteiger partial charge in [0.15, 0.2) is 0 Å². The third kappa shape index (κ3) is 2.80. The second-order valence-corrected chi connectivity index (χ2v) is 4.04. The normalized spacial score (nSPS) is 21.0. The molecule has 0 bridgehead atoms. The second-order valence-electron chi connectivity index (χ2n) is 4.04. The SMILES string of the molecule is [CH2]NC(C)(C)CN1CCCC1. The number of nitrogens with zero attached hydrogens (tertiary/aromatic N) is 1. The Morgan fingerprint density at radius 1 is 1.36 bits per heavy atom. The van der Waals surface area contributed by atoms with E-state index in [1.807, 2.05) is 0 Å². The van der Waals surface area contributed by atoms with Crippen LogP contribution < -0.4 is 5.32 Å². The summed E-state index contributed by atoms with van der Waals surface area (Å²) in [5, 5.41) is 3.08. The minimum absolute atomic E-state index is 0.171. The predicted octanol–water partition coefficient (Wildman–Crippen LogP) is 1.24. The summed E-state index contributed by atoms with van der Waals surface area (Å²) in [6.45, 7) is 8.04. The van der Waals surface area contributed by atoms with E-state index in [2.05, 4.69) is 31.1 Å². The maximum Gasteiger partial charge on any atom is 0.0252 e. The molecule has 0 aromatic rings. The van der Waals surface area contributed by atoms with Gasteiger partial charge in [-0.3, -0.25) is 0 Å². The van der Waals surface area contributed by atoms with Gasteiger partial charge in [0.05, 0.1) is 0 Å². The molecule has 1 fully saturated rings. The molecule has 1 aliphatic rings. The third-order valence-electron chi connectivity index (χ3n) is 2.30. The molecule has 0 amide bonds. The van der Waals surface area contributed by atoms with E-state index < -0.39 is 0 Å². The molecule has 11 heavy (non-hydrogen) atoms. The van der Waals surface area contributed by atoms with E-state index in [9.17, 15) is 0 Å².